The molecule has 0 aliphatic carbocycles. The van der Waals surface area contributed by atoms with E-state index >= 15 is 0 Å². The molecular weight excluding hydrogens is 379 g/mol. The smallest absolute Gasteiger partial charge is 0.221 e. The number of nitrogens with zero attached hydrogens (tertiary/aromatic N) is 1. The molecule has 1 heterocycles. The van der Waals surface area contributed by atoms with E-state index in [1.54, 1.807) is 12.1 Å². The summed E-state index contributed by atoms with van der Waals surface area (Å²) in [6, 6.07) is 7.08. The van der Waals surface area contributed by atoms with Crippen molar-refractivity contribution in [2.45, 2.75) is 6.42 Å². The van der Waals surface area contributed by atoms with Crippen LogP contribution < -0.4 is 19.9 Å². The van der Waals surface area contributed by atoms with Crippen LogP contribution in [0.15, 0.2) is 36.5 Å². The number of ether oxygens (including phenoxy) is 3. The first-order chi connectivity index (χ1) is 13.9. The summed E-state index contributed by atoms with van der Waals surface area (Å²) in [5.41, 5.74) is 5.66. The topological polar surface area (TPSA) is 101 Å². The minimum absolute atomic E-state index is 0.00123. The Morgan fingerprint density at radius 3 is 2.24 bits per heavy atom. The number of carbonyl (C=O) groups is 2. The number of halogens is 1. The van der Waals surface area contributed by atoms with Gasteiger partial charge in [0.1, 0.15) is 17.3 Å². The number of primary amides is 1. The van der Waals surface area contributed by atoms with E-state index in [1.807, 2.05) is 0 Å². The van der Waals surface area contributed by atoms with E-state index in [4.69, 9.17) is 19.9 Å². The number of fused-ring (bicyclic) bond motifs is 1. The standard InChI is InChI=1S/C21H19FN2O5/c1-27-12-4-5-16(22)15(7-12)21(26)20-14-9-18(29-3)17(28-2)8-13(14)11(10-24-20)6-19(23)25/h4-5,7-10H,6H2,1-3H3,(H2,23,25). The molecule has 8 heteroatoms. The number of nitrogens with two attached hydrogens (primary N) is 1. The molecule has 3 rings (SSSR count). The summed E-state index contributed by atoms with van der Waals surface area (Å²) in [7, 11) is 4.34. The van der Waals surface area contributed by atoms with E-state index < -0.39 is 17.5 Å². The van der Waals surface area contributed by atoms with Crippen molar-refractivity contribution in [3.63, 3.8) is 0 Å². The van der Waals surface area contributed by atoms with E-state index in [0.29, 0.717) is 33.6 Å². The van der Waals surface area contributed by atoms with E-state index in [1.165, 1.54) is 39.7 Å². The number of methoxy groups -OCH3 is 3. The molecule has 2 aromatic carbocycles. The van der Waals surface area contributed by atoms with Crippen LogP contribution in [0.1, 0.15) is 21.6 Å². The van der Waals surface area contributed by atoms with Crippen LogP contribution in [-0.2, 0) is 11.2 Å². The molecule has 0 bridgehead atoms. The van der Waals surface area contributed by atoms with Gasteiger partial charge in [0, 0.05) is 11.6 Å². The molecule has 1 aromatic heterocycles. The zero-order valence-corrected chi connectivity index (χ0v) is 16.1. The molecule has 0 radical (unpaired) electrons. The maximum absolute atomic E-state index is 14.3. The van der Waals surface area contributed by atoms with Gasteiger partial charge in [0.05, 0.1) is 33.3 Å². The van der Waals surface area contributed by atoms with E-state index in [-0.39, 0.29) is 17.7 Å². The molecule has 0 aliphatic heterocycles. The Morgan fingerprint density at radius 2 is 1.66 bits per heavy atom. The third-order valence-corrected chi connectivity index (χ3v) is 4.47. The summed E-state index contributed by atoms with van der Waals surface area (Å²) in [5.74, 6) is -0.790. The number of hydrogen-bond donors (Lipinski definition) is 1. The normalized spacial score (nSPS) is 10.6. The second-order valence-electron chi connectivity index (χ2n) is 6.20. The molecule has 7 nitrogen and oxygen atoms in total. The van der Waals surface area contributed by atoms with Crippen LogP contribution in [0.25, 0.3) is 10.8 Å². The summed E-state index contributed by atoms with van der Waals surface area (Å²) in [6.07, 6.45) is 1.30. The van der Waals surface area contributed by atoms with Crippen molar-refractivity contribution >= 4 is 22.5 Å². The quantitative estimate of drug-likeness (QED) is 0.614. The zero-order chi connectivity index (χ0) is 21.1. The average molecular weight is 398 g/mol. The van der Waals surface area contributed by atoms with Crippen LogP contribution in [0.2, 0.25) is 0 Å². The summed E-state index contributed by atoms with van der Waals surface area (Å²) in [6.45, 7) is 0. The fourth-order valence-corrected chi connectivity index (χ4v) is 3.06. The van der Waals surface area contributed by atoms with Gasteiger partial charge in [-0.05, 0) is 41.3 Å². The lowest BCUT2D eigenvalue weighted by atomic mass is 9.97. The van der Waals surface area contributed by atoms with Crippen molar-refractivity contribution in [2.75, 3.05) is 21.3 Å². The minimum atomic E-state index is -0.701. The highest BCUT2D eigenvalue weighted by Gasteiger charge is 2.22. The van der Waals surface area contributed by atoms with Crippen LogP contribution in [0, 0.1) is 5.82 Å². The molecule has 0 saturated carbocycles. The van der Waals surface area contributed by atoms with Gasteiger partial charge >= 0.3 is 0 Å². The van der Waals surface area contributed by atoms with Gasteiger partial charge in [0.2, 0.25) is 11.7 Å². The molecule has 29 heavy (non-hydrogen) atoms. The van der Waals surface area contributed by atoms with Crippen molar-refractivity contribution in [3.8, 4) is 17.2 Å². The molecule has 0 aliphatic rings. The Hall–Kier alpha value is -3.68. The van der Waals surface area contributed by atoms with Crippen LogP contribution in [0.3, 0.4) is 0 Å². The number of carbonyl (C=O) groups excluding carboxylic acids is 2. The number of hydrogen-bond acceptors (Lipinski definition) is 6. The van der Waals surface area contributed by atoms with Gasteiger partial charge in [0.25, 0.3) is 0 Å². The van der Waals surface area contributed by atoms with Crippen LogP contribution in [0.4, 0.5) is 4.39 Å². The lowest BCUT2D eigenvalue weighted by Crippen LogP contribution is -2.15. The molecule has 0 atom stereocenters. The van der Waals surface area contributed by atoms with Crippen LogP contribution in [-0.4, -0.2) is 38.0 Å². The number of rotatable bonds is 7. The van der Waals surface area contributed by atoms with Crippen molar-refractivity contribution in [3.05, 3.63) is 59.2 Å². The van der Waals surface area contributed by atoms with Crippen LogP contribution in [0.5, 0.6) is 17.2 Å². The summed E-state index contributed by atoms with van der Waals surface area (Å²) in [4.78, 5) is 28.8. The molecule has 0 unspecified atom stereocenters. The largest absolute Gasteiger partial charge is 0.497 e. The van der Waals surface area contributed by atoms with Crippen molar-refractivity contribution in [2.24, 2.45) is 5.73 Å². The molecule has 0 saturated heterocycles. The number of benzene rings is 2. The Bertz CT molecular complexity index is 1110. The van der Waals surface area contributed by atoms with Crippen molar-refractivity contribution in [1.29, 1.82) is 0 Å². The first-order valence-corrected chi connectivity index (χ1v) is 8.59. The lowest BCUT2D eigenvalue weighted by Gasteiger charge is -2.14. The predicted molar refractivity (Wildman–Crippen MR) is 104 cm³/mol. The second-order valence-corrected chi connectivity index (χ2v) is 6.20. The summed E-state index contributed by atoms with van der Waals surface area (Å²) in [5, 5.41) is 0.914. The van der Waals surface area contributed by atoms with Gasteiger partial charge in [-0.2, -0.15) is 0 Å². The molecule has 2 N–H and O–H groups in total. The van der Waals surface area contributed by atoms with Gasteiger partial charge in [-0.15, -0.1) is 0 Å². The first kappa shape index (κ1) is 20.1. The summed E-state index contributed by atoms with van der Waals surface area (Å²) >= 11 is 0. The van der Waals surface area contributed by atoms with Gasteiger partial charge in [-0.25, -0.2) is 4.39 Å². The number of aromatic nitrogens is 1. The molecule has 0 spiro atoms. The molecule has 150 valence electrons. The second kappa shape index (κ2) is 8.14. The highest BCUT2D eigenvalue weighted by atomic mass is 19.1. The highest BCUT2D eigenvalue weighted by Crippen LogP contribution is 2.35. The monoisotopic (exact) mass is 398 g/mol. The third-order valence-electron chi connectivity index (χ3n) is 4.47. The number of ketones is 1. The molecule has 0 fully saturated rings. The van der Waals surface area contributed by atoms with E-state index in [2.05, 4.69) is 4.98 Å². The SMILES string of the molecule is COc1ccc(F)c(C(=O)c2ncc(CC(N)=O)c3cc(OC)c(OC)cc23)c1. The van der Waals surface area contributed by atoms with Crippen molar-refractivity contribution < 1.29 is 28.2 Å². The zero-order valence-electron chi connectivity index (χ0n) is 16.1. The molecule has 1 amide bonds. The lowest BCUT2D eigenvalue weighted by molar-refractivity contribution is -0.117. The predicted octanol–water partition coefficient (Wildman–Crippen LogP) is 2.66. The van der Waals surface area contributed by atoms with Crippen molar-refractivity contribution in [1.82, 2.24) is 4.98 Å². The maximum Gasteiger partial charge on any atom is 0.221 e. The Morgan fingerprint density at radius 1 is 1.00 bits per heavy atom. The Balaban J connectivity index is 2.28. The molecular formula is C21H19FN2O5. The highest BCUT2D eigenvalue weighted by molar-refractivity contribution is 6.16. The third kappa shape index (κ3) is 3.82. The molecule has 3 aromatic rings. The summed E-state index contributed by atoms with van der Waals surface area (Å²) < 4.78 is 30.1. The number of pyridine rings is 1. The van der Waals surface area contributed by atoms with E-state index in [9.17, 15) is 14.0 Å². The Kier molecular flexibility index (Phi) is 5.63. The first-order valence-electron chi connectivity index (χ1n) is 8.59. The van der Waals surface area contributed by atoms with Gasteiger partial charge in [-0.1, -0.05) is 0 Å². The van der Waals surface area contributed by atoms with Gasteiger partial charge in [-0.3, -0.25) is 14.6 Å². The van der Waals surface area contributed by atoms with Gasteiger partial charge in [0.15, 0.2) is 11.5 Å². The Labute approximate surface area is 166 Å². The van der Waals surface area contributed by atoms with E-state index in [0.717, 1.165) is 6.07 Å². The fraction of sp³-hybridized carbons (Fsp3) is 0.190. The fourth-order valence-electron chi connectivity index (χ4n) is 3.06. The van der Waals surface area contributed by atoms with Crippen LogP contribution >= 0.6 is 0 Å². The maximum atomic E-state index is 14.3. The average Bonchev–Trinajstić information content (AvgIpc) is 2.72. The number of amides is 1. The minimum Gasteiger partial charge on any atom is -0.497 e. The van der Waals surface area contributed by atoms with Gasteiger partial charge < -0.3 is 19.9 Å².